The van der Waals surface area contributed by atoms with Crippen molar-refractivity contribution in [3.63, 3.8) is 0 Å². The molecular weight excluding hydrogens is 277 g/mol. The number of rotatable bonds is 4. The number of anilines is 1. The van der Waals surface area contributed by atoms with Crippen molar-refractivity contribution in [3.8, 4) is 0 Å². The number of amides is 1. The van der Waals surface area contributed by atoms with Crippen molar-refractivity contribution in [2.24, 2.45) is 0 Å². The second kappa shape index (κ2) is 6.54. The van der Waals surface area contributed by atoms with E-state index < -0.39 is 5.82 Å². The molecule has 2 rings (SSSR count). The maximum atomic E-state index is 13.1. The van der Waals surface area contributed by atoms with Gasteiger partial charge < -0.3 is 10.1 Å². The Morgan fingerprint density at radius 3 is 2.80 bits per heavy atom. The summed E-state index contributed by atoms with van der Waals surface area (Å²) in [5.41, 5.74) is 1.97. The monoisotopic (exact) mass is 291 g/mol. The first kappa shape index (κ1) is 14.6. The summed E-state index contributed by atoms with van der Waals surface area (Å²) >= 11 is 3.96. The highest BCUT2D eigenvalue weighted by atomic mass is 32.1. The zero-order chi connectivity index (χ0) is 14.5. The van der Waals surface area contributed by atoms with E-state index in [4.69, 9.17) is 4.74 Å². The van der Waals surface area contributed by atoms with Crippen LogP contribution in [0.5, 0.6) is 0 Å². The molecule has 5 heteroatoms. The van der Waals surface area contributed by atoms with Crippen molar-refractivity contribution in [3.05, 3.63) is 59.4 Å². The lowest BCUT2D eigenvalue weighted by atomic mass is 10.2. The van der Waals surface area contributed by atoms with Crippen LogP contribution in [0.25, 0.3) is 0 Å². The molecule has 20 heavy (non-hydrogen) atoms. The normalized spacial score (nSPS) is 10.3. The first-order valence-electron chi connectivity index (χ1n) is 5.98. The summed E-state index contributed by atoms with van der Waals surface area (Å²) in [6.07, 6.45) is 0. The Morgan fingerprint density at radius 1 is 1.30 bits per heavy atom. The standard InChI is InChI=1S/C15H14FNO2S/c1-19-9-10-3-2-4-12(7-10)17-15(18)11-5-6-13(16)14(20)8-11/h2-8,20H,9H2,1H3,(H,17,18). The van der Waals surface area contributed by atoms with Gasteiger partial charge in [0.05, 0.1) is 6.61 Å². The summed E-state index contributed by atoms with van der Waals surface area (Å²) in [4.78, 5) is 12.2. The first-order chi connectivity index (χ1) is 9.60. The van der Waals surface area contributed by atoms with Gasteiger partial charge in [0, 0.05) is 23.3 Å². The SMILES string of the molecule is COCc1cccc(NC(=O)c2ccc(F)c(S)c2)c1. The molecule has 0 fully saturated rings. The molecule has 0 aliphatic carbocycles. The lowest BCUT2D eigenvalue weighted by Crippen LogP contribution is -2.12. The highest BCUT2D eigenvalue weighted by molar-refractivity contribution is 7.80. The highest BCUT2D eigenvalue weighted by Crippen LogP contribution is 2.17. The number of ether oxygens (including phenoxy) is 1. The van der Waals surface area contributed by atoms with Crippen molar-refractivity contribution < 1.29 is 13.9 Å². The van der Waals surface area contributed by atoms with Crippen LogP contribution in [0.15, 0.2) is 47.4 Å². The van der Waals surface area contributed by atoms with Gasteiger partial charge >= 0.3 is 0 Å². The quantitative estimate of drug-likeness (QED) is 0.846. The Bertz CT molecular complexity index is 631. The van der Waals surface area contributed by atoms with Crippen LogP contribution in [-0.4, -0.2) is 13.0 Å². The van der Waals surface area contributed by atoms with Crippen LogP contribution in [-0.2, 0) is 11.3 Å². The fourth-order valence-electron chi connectivity index (χ4n) is 1.76. The van der Waals surface area contributed by atoms with Crippen LogP contribution in [0.2, 0.25) is 0 Å². The smallest absolute Gasteiger partial charge is 0.255 e. The molecule has 0 aliphatic heterocycles. The van der Waals surface area contributed by atoms with Crippen molar-refractivity contribution in [1.29, 1.82) is 0 Å². The molecule has 0 saturated carbocycles. The van der Waals surface area contributed by atoms with E-state index in [2.05, 4.69) is 17.9 Å². The summed E-state index contributed by atoms with van der Waals surface area (Å²) in [6, 6.07) is 11.4. The third-order valence-electron chi connectivity index (χ3n) is 2.70. The zero-order valence-electron chi connectivity index (χ0n) is 10.9. The topological polar surface area (TPSA) is 38.3 Å². The van der Waals surface area contributed by atoms with Crippen LogP contribution in [0.4, 0.5) is 10.1 Å². The van der Waals surface area contributed by atoms with Gasteiger partial charge in [0.25, 0.3) is 5.91 Å². The first-order valence-corrected chi connectivity index (χ1v) is 6.42. The average Bonchev–Trinajstić information content (AvgIpc) is 2.42. The number of carbonyl (C=O) groups is 1. The molecule has 3 nitrogen and oxygen atoms in total. The largest absolute Gasteiger partial charge is 0.380 e. The lowest BCUT2D eigenvalue weighted by molar-refractivity contribution is 0.102. The fraction of sp³-hybridized carbons (Fsp3) is 0.133. The van der Waals surface area contributed by atoms with Crippen molar-refractivity contribution in [2.75, 3.05) is 12.4 Å². The van der Waals surface area contributed by atoms with Gasteiger partial charge in [-0.1, -0.05) is 12.1 Å². The van der Waals surface area contributed by atoms with Crippen LogP contribution >= 0.6 is 12.6 Å². The van der Waals surface area contributed by atoms with Gasteiger partial charge in [-0.15, -0.1) is 12.6 Å². The Labute approximate surface area is 122 Å². The number of benzene rings is 2. The number of halogens is 1. The van der Waals surface area contributed by atoms with Gasteiger partial charge in [-0.2, -0.15) is 0 Å². The minimum atomic E-state index is -0.452. The number of methoxy groups -OCH3 is 1. The van der Waals surface area contributed by atoms with Crippen LogP contribution in [0.3, 0.4) is 0 Å². The molecule has 0 aromatic heterocycles. The molecule has 0 unspecified atom stereocenters. The van der Waals surface area contributed by atoms with E-state index in [0.717, 1.165) is 5.56 Å². The maximum Gasteiger partial charge on any atom is 0.255 e. The summed E-state index contributed by atoms with van der Waals surface area (Å²) in [6.45, 7) is 0.473. The van der Waals surface area contributed by atoms with E-state index in [9.17, 15) is 9.18 Å². The molecular formula is C15H14FNO2S. The average molecular weight is 291 g/mol. The van der Waals surface area contributed by atoms with Gasteiger partial charge in [0.1, 0.15) is 5.82 Å². The van der Waals surface area contributed by atoms with Gasteiger partial charge in [0.2, 0.25) is 0 Å². The maximum absolute atomic E-state index is 13.1. The van der Waals surface area contributed by atoms with Gasteiger partial charge in [-0.25, -0.2) is 4.39 Å². The molecule has 0 heterocycles. The molecule has 104 valence electrons. The molecule has 1 amide bonds. The Morgan fingerprint density at radius 2 is 2.10 bits per heavy atom. The Balaban J connectivity index is 2.14. The molecule has 2 aromatic carbocycles. The third kappa shape index (κ3) is 3.59. The summed E-state index contributed by atoms with van der Waals surface area (Å²) < 4.78 is 18.1. The van der Waals surface area contributed by atoms with E-state index in [0.29, 0.717) is 17.9 Å². The second-order valence-corrected chi connectivity index (χ2v) is 4.74. The third-order valence-corrected chi connectivity index (χ3v) is 3.05. The van der Waals surface area contributed by atoms with Crippen molar-refractivity contribution in [2.45, 2.75) is 11.5 Å². The van der Waals surface area contributed by atoms with E-state index in [1.807, 2.05) is 18.2 Å². The number of hydrogen-bond acceptors (Lipinski definition) is 3. The van der Waals surface area contributed by atoms with E-state index >= 15 is 0 Å². The predicted molar refractivity (Wildman–Crippen MR) is 78.8 cm³/mol. The Kier molecular flexibility index (Phi) is 4.76. The number of thiol groups is 1. The molecule has 0 atom stereocenters. The van der Waals surface area contributed by atoms with Gasteiger partial charge in [-0.05, 0) is 35.9 Å². The lowest BCUT2D eigenvalue weighted by Gasteiger charge is -2.08. The fourth-order valence-corrected chi connectivity index (χ4v) is 1.98. The molecule has 1 N–H and O–H groups in total. The molecule has 0 saturated heterocycles. The predicted octanol–water partition coefficient (Wildman–Crippen LogP) is 3.51. The minimum absolute atomic E-state index is 0.144. The molecule has 2 aromatic rings. The van der Waals surface area contributed by atoms with Crippen LogP contribution < -0.4 is 5.32 Å². The number of nitrogens with one attached hydrogen (secondary N) is 1. The highest BCUT2D eigenvalue weighted by Gasteiger charge is 2.08. The summed E-state index contributed by atoms with van der Waals surface area (Å²) in [5, 5.41) is 2.75. The molecule has 0 bridgehead atoms. The minimum Gasteiger partial charge on any atom is -0.380 e. The van der Waals surface area contributed by atoms with E-state index in [-0.39, 0.29) is 10.8 Å². The summed E-state index contributed by atoms with van der Waals surface area (Å²) in [7, 11) is 1.61. The molecule has 0 radical (unpaired) electrons. The van der Waals surface area contributed by atoms with Gasteiger partial charge in [-0.3, -0.25) is 4.79 Å². The second-order valence-electron chi connectivity index (χ2n) is 4.25. The molecule has 0 aliphatic rings. The van der Waals surface area contributed by atoms with E-state index in [1.54, 1.807) is 13.2 Å². The van der Waals surface area contributed by atoms with E-state index in [1.165, 1.54) is 18.2 Å². The van der Waals surface area contributed by atoms with Gasteiger partial charge in [0.15, 0.2) is 0 Å². The van der Waals surface area contributed by atoms with Crippen LogP contribution in [0, 0.1) is 5.82 Å². The number of carbonyl (C=O) groups excluding carboxylic acids is 1. The zero-order valence-corrected chi connectivity index (χ0v) is 11.8. The van der Waals surface area contributed by atoms with Crippen molar-refractivity contribution in [1.82, 2.24) is 0 Å². The molecule has 0 spiro atoms. The Hall–Kier alpha value is -1.85. The van der Waals surface area contributed by atoms with Crippen LogP contribution in [0.1, 0.15) is 15.9 Å². The van der Waals surface area contributed by atoms with Crippen molar-refractivity contribution >= 4 is 24.2 Å². The summed E-state index contributed by atoms with van der Waals surface area (Å²) in [5.74, 6) is -0.762. The number of hydrogen-bond donors (Lipinski definition) is 2.